The van der Waals surface area contributed by atoms with E-state index in [0.717, 1.165) is 54.7 Å². The Morgan fingerprint density at radius 1 is 0.586 bits per heavy atom. The average Bonchev–Trinajstić information content (AvgIpc) is 2.91. The van der Waals surface area contributed by atoms with Gasteiger partial charge in [-0.05, 0) is 0 Å². The monoisotopic (exact) mass is 431 g/mol. The first kappa shape index (κ1) is 40.1. The molecule has 14 heteroatoms. The maximum Gasteiger partial charge on any atom is 0.300 e. The number of ether oxygens (including phenoxy) is 1. The normalized spacial score (nSPS) is 8.48. The number of nitrogens with zero attached hydrogens (tertiary/aromatic N) is 1. The van der Waals surface area contributed by atoms with E-state index in [-0.39, 0.29) is 0 Å². The van der Waals surface area contributed by atoms with Crippen molar-refractivity contribution in [2.45, 2.75) is 41.5 Å². The maximum absolute atomic E-state index is 9.00. The third kappa shape index (κ3) is 7250. The number of rotatable bonds is 0. The molecule has 0 atom stereocenters. The quantitative estimate of drug-likeness (QED) is 0.308. The first-order valence-electron chi connectivity index (χ1n) is 7.17. The van der Waals surface area contributed by atoms with Crippen LogP contribution in [0.4, 0.5) is 0 Å². The molecule has 0 aromatic rings. The second kappa shape index (κ2) is 35.4. The van der Waals surface area contributed by atoms with Crippen molar-refractivity contribution in [1.29, 1.82) is 0 Å². The SMILES string of the molecule is C1=NCCO1.CC(=O)O.CC(=O)O.CC(=O)O.CC(=O)O.CC(=O)O.CC(=O)O. The molecule has 0 aromatic heterocycles. The molecule has 0 radical (unpaired) electrons. The summed E-state index contributed by atoms with van der Waals surface area (Å²) in [5.74, 6) is -5.00. The fraction of sp³-hybridized carbons (Fsp3) is 0.533. The van der Waals surface area contributed by atoms with Crippen LogP contribution in [0.25, 0.3) is 0 Å². The number of hydrogen-bond donors (Lipinski definition) is 6. The van der Waals surface area contributed by atoms with Crippen LogP contribution in [0.2, 0.25) is 0 Å². The van der Waals surface area contributed by atoms with Gasteiger partial charge in [-0.1, -0.05) is 0 Å². The molecule has 0 amide bonds. The van der Waals surface area contributed by atoms with E-state index >= 15 is 0 Å². The average molecular weight is 431 g/mol. The van der Waals surface area contributed by atoms with E-state index in [1.54, 1.807) is 0 Å². The summed E-state index contributed by atoms with van der Waals surface area (Å²) < 4.78 is 4.65. The van der Waals surface area contributed by atoms with Crippen LogP contribution in [0.1, 0.15) is 41.5 Å². The van der Waals surface area contributed by atoms with Gasteiger partial charge in [0.05, 0.1) is 6.54 Å². The zero-order valence-corrected chi connectivity index (χ0v) is 17.0. The van der Waals surface area contributed by atoms with Gasteiger partial charge in [-0.15, -0.1) is 0 Å². The van der Waals surface area contributed by atoms with E-state index in [0.29, 0.717) is 0 Å². The topological polar surface area (TPSA) is 245 Å². The number of hydrogen-bond acceptors (Lipinski definition) is 8. The summed E-state index contributed by atoms with van der Waals surface area (Å²) >= 11 is 0. The smallest absolute Gasteiger partial charge is 0.300 e. The van der Waals surface area contributed by atoms with Crippen molar-refractivity contribution in [3.8, 4) is 0 Å². The molecule has 1 aliphatic heterocycles. The molecule has 0 aromatic carbocycles. The minimum atomic E-state index is -0.833. The number of carboxylic acid groups (broad SMARTS) is 6. The van der Waals surface area contributed by atoms with Gasteiger partial charge < -0.3 is 35.4 Å². The van der Waals surface area contributed by atoms with Crippen molar-refractivity contribution in [2.24, 2.45) is 4.99 Å². The molecular formula is C15H29NO13. The summed E-state index contributed by atoms with van der Waals surface area (Å²) in [5, 5.41) is 44.5. The van der Waals surface area contributed by atoms with Gasteiger partial charge >= 0.3 is 0 Å². The molecule has 0 unspecified atom stereocenters. The molecule has 0 spiro atoms. The minimum absolute atomic E-state index is 0.778. The zero-order chi connectivity index (χ0) is 25.0. The molecule has 0 bridgehead atoms. The van der Waals surface area contributed by atoms with Gasteiger partial charge in [-0.25, -0.2) is 0 Å². The first-order valence-corrected chi connectivity index (χ1v) is 7.17. The summed E-state index contributed by atoms with van der Waals surface area (Å²) in [6, 6.07) is 0. The third-order valence-electron chi connectivity index (χ3n) is 0.487. The van der Waals surface area contributed by atoms with Crippen molar-refractivity contribution in [3.05, 3.63) is 0 Å². The molecule has 0 saturated heterocycles. The highest BCUT2D eigenvalue weighted by molar-refractivity contribution is 5.64. The Morgan fingerprint density at radius 3 is 0.793 bits per heavy atom. The molecule has 1 aliphatic rings. The molecule has 172 valence electrons. The van der Waals surface area contributed by atoms with E-state index in [1.165, 1.54) is 6.40 Å². The Hall–Kier alpha value is -3.71. The van der Waals surface area contributed by atoms with Crippen LogP contribution in [0.15, 0.2) is 4.99 Å². The highest BCUT2D eigenvalue weighted by Gasteiger charge is 1.84. The van der Waals surface area contributed by atoms with Gasteiger partial charge in [0, 0.05) is 41.5 Å². The summed E-state index contributed by atoms with van der Waals surface area (Å²) in [6.07, 6.45) is 1.49. The second-order valence-electron chi connectivity index (χ2n) is 4.00. The summed E-state index contributed by atoms with van der Waals surface area (Å²) in [6.45, 7) is 8.12. The fourth-order valence-corrected chi connectivity index (χ4v) is 0.264. The van der Waals surface area contributed by atoms with Crippen LogP contribution in [-0.4, -0.2) is 86.0 Å². The van der Waals surface area contributed by atoms with Crippen molar-refractivity contribution < 1.29 is 64.1 Å². The molecule has 29 heavy (non-hydrogen) atoms. The van der Waals surface area contributed by atoms with Gasteiger partial charge in [0.1, 0.15) is 6.61 Å². The minimum Gasteiger partial charge on any atom is -0.482 e. The Bertz CT molecular complexity index is 364. The molecular weight excluding hydrogens is 402 g/mol. The summed E-state index contributed by atoms with van der Waals surface area (Å²) in [5.41, 5.74) is 0. The van der Waals surface area contributed by atoms with Crippen molar-refractivity contribution in [2.75, 3.05) is 13.2 Å². The lowest BCUT2D eigenvalue weighted by atomic mass is 10.8. The number of aliphatic imine (C=N–C) groups is 1. The molecule has 1 heterocycles. The van der Waals surface area contributed by atoms with E-state index < -0.39 is 35.8 Å². The standard InChI is InChI=1S/C3H5NO.6C2H4O2/c1-2-5-3-4-1;6*1-2(3)4/h3H,1-2H2;6*1H3,(H,3,4). The van der Waals surface area contributed by atoms with Gasteiger partial charge in [-0.3, -0.25) is 33.8 Å². The largest absolute Gasteiger partial charge is 0.482 e. The lowest BCUT2D eigenvalue weighted by molar-refractivity contribution is -0.135. The predicted octanol–water partition coefficient (Wildman–Crippen LogP) is 0.590. The maximum atomic E-state index is 9.00. The van der Waals surface area contributed by atoms with Crippen LogP contribution in [0, 0.1) is 0 Å². The van der Waals surface area contributed by atoms with Crippen LogP contribution in [0.5, 0.6) is 0 Å². The van der Waals surface area contributed by atoms with Gasteiger partial charge in [-0.2, -0.15) is 0 Å². The second-order valence-corrected chi connectivity index (χ2v) is 4.00. The fourth-order valence-electron chi connectivity index (χ4n) is 0.264. The zero-order valence-electron chi connectivity index (χ0n) is 17.0. The molecule has 0 saturated carbocycles. The highest BCUT2D eigenvalue weighted by atomic mass is 16.5. The summed E-state index contributed by atoms with van der Waals surface area (Å²) in [4.78, 5) is 57.7. The van der Waals surface area contributed by atoms with Crippen molar-refractivity contribution in [3.63, 3.8) is 0 Å². The number of carboxylic acids is 6. The predicted molar refractivity (Wildman–Crippen MR) is 99.2 cm³/mol. The third-order valence-corrected chi connectivity index (χ3v) is 0.487. The Morgan fingerprint density at radius 2 is 0.759 bits per heavy atom. The molecule has 1 rings (SSSR count). The molecule has 14 nitrogen and oxygen atoms in total. The molecule has 6 N–H and O–H groups in total. The summed E-state index contributed by atoms with van der Waals surface area (Å²) in [7, 11) is 0. The van der Waals surface area contributed by atoms with Crippen LogP contribution in [-0.2, 0) is 33.5 Å². The van der Waals surface area contributed by atoms with E-state index in [1.807, 2.05) is 0 Å². The van der Waals surface area contributed by atoms with Gasteiger partial charge in [0.2, 0.25) is 0 Å². The Balaban J connectivity index is -0.0000000534. The van der Waals surface area contributed by atoms with Crippen LogP contribution < -0.4 is 0 Å². The number of aliphatic carboxylic acids is 6. The van der Waals surface area contributed by atoms with Crippen LogP contribution in [0.3, 0.4) is 0 Å². The first-order chi connectivity index (χ1) is 12.9. The van der Waals surface area contributed by atoms with Crippen molar-refractivity contribution >= 4 is 42.2 Å². The van der Waals surface area contributed by atoms with E-state index in [9.17, 15) is 0 Å². The van der Waals surface area contributed by atoms with Gasteiger partial charge in [0.25, 0.3) is 35.8 Å². The Labute approximate surface area is 167 Å². The van der Waals surface area contributed by atoms with Crippen molar-refractivity contribution in [1.82, 2.24) is 0 Å². The lowest BCUT2D eigenvalue weighted by Crippen LogP contribution is -1.80. The number of carbonyl (C=O) groups is 6. The Kier molecular flexibility index (Phi) is 49.0. The van der Waals surface area contributed by atoms with E-state index in [2.05, 4.69) is 9.73 Å². The molecule has 0 fully saturated rings. The van der Waals surface area contributed by atoms with Gasteiger partial charge in [0.15, 0.2) is 6.40 Å². The van der Waals surface area contributed by atoms with E-state index in [4.69, 9.17) is 59.4 Å². The highest BCUT2D eigenvalue weighted by Crippen LogP contribution is 1.78. The van der Waals surface area contributed by atoms with Crippen LogP contribution >= 0.6 is 0 Å². The molecule has 0 aliphatic carbocycles. The lowest BCUT2D eigenvalue weighted by Gasteiger charge is -1.76.